The molecule has 18 heavy (non-hydrogen) atoms. The number of sulfonamides is 1. The lowest BCUT2D eigenvalue weighted by atomic mass is 9.75. The summed E-state index contributed by atoms with van der Waals surface area (Å²) >= 11 is 0. The van der Waals surface area contributed by atoms with Crippen molar-refractivity contribution in [2.45, 2.75) is 46.5 Å². The Morgan fingerprint density at radius 3 is 2.11 bits per heavy atom. The third kappa shape index (κ3) is 3.93. The van der Waals surface area contributed by atoms with Gasteiger partial charge in [-0.15, -0.1) is 0 Å². The molecule has 0 aromatic carbocycles. The molecule has 0 amide bonds. The van der Waals surface area contributed by atoms with Crippen LogP contribution in [0.1, 0.15) is 46.5 Å². The van der Waals surface area contributed by atoms with Crippen LogP contribution < -0.4 is 5.32 Å². The summed E-state index contributed by atoms with van der Waals surface area (Å²) in [5, 5.41) is 3.08. The standard InChI is InChI=1S/C13H28N2O2S/c1-4-13(5-2)7-10-15(11-8-13)18(16,17)12-9-14-6-3/h14H,4-12H2,1-3H3. The SMILES string of the molecule is CCNCCS(=O)(=O)N1CCC(CC)(CC)CC1. The van der Waals surface area contributed by atoms with Gasteiger partial charge in [0.25, 0.3) is 0 Å². The van der Waals surface area contributed by atoms with E-state index < -0.39 is 10.0 Å². The molecule has 1 saturated heterocycles. The molecule has 0 saturated carbocycles. The molecule has 1 heterocycles. The molecule has 0 radical (unpaired) electrons. The van der Waals surface area contributed by atoms with E-state index in [1.165, 1.54) is 0 Å². The third-order valence-corrected chi connectivity index (χ3v) is 6.34. The zero-order valence-corrected chi connectivity index (χ0v) is 12.9. The highest BCUT2D eigenvalue weighted by molar-refractivity contribution is 7.89. The maximum absolute atomic E-state index is 12.1. The minimum Gasteiger partial charge on any atom is -0.316 e. The van der Waals surface area contributed by atoms with Gasteiger partial charge in [-0.2, -0.15) is 0 Å². The Labute approximate surface area is 112 Å². The molecule has 0 bridgehead atoms. The molecular weight excluding hydrogens is 248 g/mol. The summed E-state index contributed by atoms with van der Waals surface area (Å²) in [4.78, 5) is 0. The van der Waals surface area contributed by atoms with Gasteiger partial charge in [0, 0.05) is 19.6 Å². The summed E-state index contributed by atoms with van der Waals surface area (Å²) in [6.07, 6.45) is 4.35. The first kappa shape index (κ1) is 15.9. The summed E-state index contributed by atoms with van der Waals surface area (Å²) in [5.41, 5.74) is 0.383. The van der Waals surface area contributed by atoms with Gasteiger partial charge in [-0.3, -0.25) is 0 Å². The van der Waals surface area contributed by atoms with Crippen molar-refractivity contribution in [3.8, 4) is 0 Å². The van der Waals surface area contributed by atoms with Crippen molar-refractivity contribution in [3.63, 3.8) is 0 Å². The van der Waals surface area contributed by atoms with Crippen LogP contribution in [0.4, 0.5) is 0 Å². The fourth-order valence-electron chi connectivity index (χ4n) is 2.70. The first-order valence-electron chi connectivity index (χ1n) is 7.18. The Morgan fingerprint density at radius 1 is 1.11 bits per heavy atom. The monoisotopic (exact) mass is 276 g/mol. The number of hydrogen-bond donors (Lipinski definition) is 1. The van der Waals surface area contributed by atoms with E-state index in [4.69, 9.17) is 0 Å². The molecule has 1 rings (SSSR count). The van der Waals surface area contributed by atoms with Crippen molar-refractivity contribution in [1.29, 1.82) is 0 Å². The first-order chi connectivity index (χ1) is 8.49. The summed E-state index contributed by atoms with van der Waals surface area (Å²) < 4.78 is 26.0. The smallest absolute Gasteiger partial charge is 0.215 e. The highest BCUT2D eigenvalue weighted by Gasteiger charge is 2.35. The second-order valence-corrected chi connectivity index (χ2v) is 7.36. The Morgan fingerprint density at radius 2 is 1.67 bits per heavy atom. The lowest BCUT2D eigenvalue weighted by Crippen LogP contribution is -2.44. The fourth-order valence-corrected chi connectivity index (χ4v) is 4.10. The topological polar surface area (TPSA) is 49.4 Å². The van der Waals surface area contributed by atoms with Crippen LogP contribution in [0.3, 0.4) is 0 Å². The zero-order chi connectivity index (χ0) is 13.6. The fraction of sp³-hybridized carbons (Fsp3) is 1.00. The van der Waals surface area contributed by atoms with Crippen LogP contribution in [0.15, 0.2) is 0 Å². The minimum absolute atomic E-state index is 0.228. The summed E-state index contributed by atoms with van der Waals surface area (Å²) in [7, 11) is -3.05. The molecule has 0 aromatic rings. The van der Waals surface area contributed by atoms with Crippen LogP contribution in [0, 0.1) is 5.41 Å². The molecule has 1 N–H and O–H groups in total. The van der Waals surface area contributed by atoms with Gasteiger partial charge in [0.2, 0.25) is 10.0 Å². The van der Waals surface area contributed by atoms with Gasteiger partial charge in [0.1, 0.15) is 0 Å². The molecule has 5 heteroatoms. The molecule has 0 spiro atoms. The molecule has 1 aliphatic rings. The predicted molar refractivity (Wildman–Crippen MR) is 76.2 cm³/mol. The number of nitrogens with zero attached hydrogens (tertiary/aromatic N) is 1. The highest BCUT2D eigenvalue weighted by Crippen LogP contribution is 2.38. The molecule has 108 valence electrons. The van der Waals surface area contributed by atoms with Crippen molar-refractivity contribution in [1.82, 2.24) is 9.62 Å². The van der Waals surface area contributed by atoms with Crippen LogP contribution in [0.2, 0.25) is 0 Å². The predicted octanol–water partition coefficient (Wildman–Crippen LogP) is 1.83. The van der Waals surface area contributed by atoms with Crippen LogP contribution in [0.25, 0.3) is 0 Å². The minimum atomic E-state index is -3.05. The zero-order valence-electron chi connectivity index (χ0n) is 12.0. The van der Waals surface area contributed by atoms with Crippen LogP contribution in [-0.4, -0.2) is 44.7 Å². The molecular formula is C13H28N2O2S. The molecule has 0 unspecified atom stereocenters. The average Bonchev–Trinajstić information content (AvgIpc) is 2.39. The average molecular weight is 276 g/mol. The molecule has 0 aliphatic carbocycles. The van der Waals surface area contributed by atoms with Crippen molar-refractivity contribution < 1.29 is 8.42 Å². The molecule has 1 aliphatic heterocycles. The highest BCUT2D eigenvalue weighted by atomic mass is 32.2. The molecule has 1 fully saturated rings. The molecule has 0 atom stereocenters. The Hall–Kier alpha value is -0.130. The lowest BCUT2D eigenvalue weighted by Gasteiger charge is -2.40. The van der Waals surface area contributed by atoms with Crippen molar-refractivity contribution in [2.75, 3.05) is 31.9 Å². The van der Waals surface area contributed by atoms with Gasteiger partial charge >= 0.3 is 0 Å². The molecule has 0 aromatic heterocycles. The Bertz CT molecular complexity index is 327. The van der Waals surface area contributed by atoms with E-state index in [1.807, 2.05) is 6.92 Å². The van der Waals surface area contributed by atoms with Crippen molar-refractivity contribution in [2.24, 2.45) is 5.41 Å². The normalized spacial score (nSPS) is 21.1. The third-order valence-electron chi connectivity index (χ3n) is 4.46. The van der Waals surface area contributed by atoms with Gasteiger partial charge < -0.3 is 5.32 Å². The van der Waals surface area contributed by atoms with Gasteiger partial charge in [0.15, 0.2) is 0 Å². The van der Waals surface area contributed by atoms with E-state index in [1.54, 1.807) is 4.31 Å². The van der Waals surface area contributed by atoms with Crippen LogP contribution in [-0.2, 0) is 10.0 Å². The maximum atomic E-state index is 12.1. The van der Waals surface area contributed by atoms with Crippen molar-refractivity contribution in [3.05, 3.63) is 0 Å². The molecule has 4 nitrogen and oxygen atoms in total. The van der Waals surface area contributed by atoms with Gasteiger partial charge in [-0.1, -0.05) is 33.6 Å². The maximum Gasteiger partial charge on any atom is 0.215 e. The van der Waals surface area contributed by atoms with Gasteiger partial charge in [-0.25, -0.2) is 12.7 Å². The first-order valence-corrected chi connectivity index (χ1v) is 8.79. The number of nitrogens with one attached hydrogen (secondary N) is 1. The number of rotatable bonds is 7. The second-order valence-electron chi connectivity index (χ2n) is 5.28. The largest absolute Gasteiger partial charge is 0.316 e. The summed E-state index contributed by atoms with van der Waals surface area (Å²) in [6.45, 7) is 9.22. The van der Waals surface area contributed by atoms with E-state index >= 15 is 0 Å². The number of piperidine rings is 1. The van der Waals surface area contributed by atoms with E-state index in [0.717, 1.165) is 32.2 Å². The lowest BCUT2D eigenvalue weighted by molar-refractivity contribution is 0.141. The van der Waals surface area contributed by atoms with Crippen LogP contribution >= 0.6 is 0 Å². The Kier molecular flexibility index (Phi) is 6.08. The van der Waals surface area contributed by atoms with E-state index in [0.29, 0.717) is 25.0 Å². The Balaban J connectivity index is 2.51. The summed E-state index contributed by atoms with van der Waals surface area (Å²) in [5.74, 6) is 0.228. The van der Waals surface area contributed by atoms with Gasteiger partial charge in [-0.05, 0) is 24.8 Å². The van der Waals surface area contributed by atoms with Gasteiger partial charge in [0.05, 0.1) is 5.75 Å². The van der Waals surface area contributed by atoms with E-state index in [2.05, 4.69) is 19.2 Å². The van der Waals surface area contributed by atoms with Crippen molar-refractivity contribution >= 4 is 10.0 Å². The number of hydrogen-bond acceptors (Lipinski definition) is 3. The quantitative estimate of drug-likeness (QED) is 0.722. The van der Waals surface area contributed by atoms with E-state index in [9.17, 15) is 8.42 Å². The van der Waals surface area contributed by atoms with E-state index in [-0.39, 0.29) is 5.75 Å². The summed E-state index contributed by atoms with van der Waals surface area (Å²) in [6, 6.07) is 0. The second kappa shape index (κ2) is 6.87. The van der Waals surface area contributed by atoms with Crippen LogP contribution in [0.5, 0.6) is 0 Å².